The van der Waals surface area contributed by atoms with Gasteiger partial charge in [-0.2, -0.15) is 0 Å². The number of hydrogen-bond acceptors (Lipinski definition) is 4. The molecule has 1 heterocycles. The van der Waals surface area contributed by atoms with E-state index in [1.807, 2.05) is 24.3 Å². The lowest BCUT2D eigenvalue weighted by Gasteiger charge is -2.20. The maximum absolute atomic E-state index is 11.6. The Hall–Kier alpha value is -2.30. The van der Waals surface area contributed by atoms with E-state index in [9.17, 15) is 9.90 Å². The second kappa shape index (κ2) is 5.36. The van der Waals surface area contributed by atoms with E-state index in [-0.39, 0.29) is 12.3 Å². The smallest absolute Gasteiger partial charge is 0.407 e. The van der Waals surface area contributed by atoms with Crippen LogP contribution in [0.1, 0.15) is 26.3 Å². The fourth-order valence-electron chi connectivity index (χ4n) is 1.85. The van der Waals surface area contributed by atoms with Crippen molar-refractivity contribution in [3.05, 3.63) is 36.0 Å². The third kappa shape index (κ3) is 3.38. The molecule has 0 fully saturated rings. The van der Waals surface area contributed by atoms with Crippen molar-refractivity contribution in [1.29, 1.82) is 0 Å². The molecule has 1 aromatic carbocycles. The summed E-state index contributed by atoms with van der Waals surface area (Å²) in [4.78, 5) is 15.8. The van der Waals surface area contributed by atoms with E-state index in [1.165, 1.54) is 6.20 Å². The third-order valence-corrected chi connectivity index (χ3v) is 2.67. The van der Waals surface area contributed by atoms with Crippen molar-refractivity contribution in [1.82, 2.24) is 10.3 Å². The summed E-state index contributed by atoms with van der Waals surface area (Å²) >= 11 is 0. The van der Waals surface area contributed by atoms with E-state index in [4.69, 9.17) is 4.74 Å². The number of amides is 1. The van der Waals surface area contributed by atoms with Gasteiger partial charge in [-0.3, -0.25) is 4.98 Å². The first kappa shape index (κ1) is 14.1. The number of alkyl carbamates (subject to hydrolysis) is 1. The monoisotopic (exact) mass is 274 g/mol. The van der Waals surface area contributed by atoms with Gasteiger partial charge in [-0.1, -0.05) is 18.2 Å². The molecule has 1 aromatic heterocycles. The minimum Gasteiger partial charge on any atom is -0.506 e. The number of carbonyl (C=O) groups is 1. The summed E-state index contributed by atoms with van der Waals surface area (Å²) in [5.41, 5.74) is 0.847. The topological polar surface area (TPSA) is 71.5 Å². The Morgan fingerprint density at radius 2 is 2.05 bits per heavy atom. The largest absolute Gasteiger partial charge is 0.506 e. The molecule has 1 amide bonds. The molecule has 2 aromatic rings. The zero-order valence-corrected chi connectivity index (χ0v) is 11.8. The number of aromatic nitrogens is 1. The molecule has 20 heavy (non-hydrogen) atoms. The van der Waals surface area contributed by atoms with Gasteiger partial charge in [0.1, 0.15) is 11.4 Å². The molecular formula is C15H18N2O3. The number of fused-ring (bicyclic) bond motifs is 1. The van der Waals surface area contributed by atoms with Gasteiger partial charge in [0, 0.05) is 10.9 Å². The van der Waals surface area contributed by atoms with Crippen LogP contribution in [0.3, 0.4) is 0 Å². The van der Waals surface area contributed by atoms with Gasteiger partial charge >= 0.3 is 6.09 Å². The first-order valence-corrected chi connectivity index (χ1v) is 6.39. The number of nitrogens with one attached hydrogen (secondary N) is 1. The molecule has 0 saturated carbocycles. The summed E-state index contributed by atoms with van der Waals surface area (Å²) in [6, 6.07) is 7.44. The highest BCUT2D eigenvalue weighted by atomic mass is 16.6. The number of pyridine rings is 1. The Labute approximate surface area is 117 Å². The number of hydrogen-bond donors (Lipinski definition) is 2. The molecule has 0 spiro atoms. The van der Waals surface area contributed by atoms with Crippen LogP contribution in [0.25, 0.3) is 10.9 Å². The quantitative estimate of drug-likeness (QED) is 0.883. The highest BCUT2D eigenvalue weighted by molar-refractivity contribution is 5.84. The lowest BCUT2D eigenvalue weighted by Crippen LogP contribution is -2.32. The van der Waals surface area contributed by atoms with Crippen LogP contribution in [0.4, 0.5) is 4.79 Å². The number of para-hydroxylation sites is 1. The normalized spacial score (nSPS) is 11.3. The highest BCUT2D eigenvalue weighted by Gasteiger charge is 2.16. The molecule has 0 aliphatic heterocycles. The third-order valence-electron chi connectivity index (χ3n) is 2.67. The van der Waals surface area contributed by atoms with Crippen LogP contribution < -0.4 is 5.32 Å². The summed E-state index contributed by atoms with van der Waals surface area (Å²) in [7, 11) is 0. The Morgan fingerprint density at radius 1 is 1.35 bits per heavy atom. The molecule has 5 nitrogen and oxygen atoms in total. The minimum atomic E-state index is -0.549. The molecule has 0 radical (unpaired) electrons. The molecule has 2 rings (SSSR count). The first-order chi connectivity index (χ1) is 9.37. The second-order valence-electron chi connectivity index (χ2n) is 5.49. The summed E-state index contributed by atoms with van der Waals surface area (Å²) < 4.78 is 5.16. The van der Waals surface area contributed by atoms with Crippen LogP contribution in [0.2, 0.25) is 0 Å². The number of nitrogens with zero attached hydrogens (tertiary/aromatic N) is 1. The van der Waals surface area contributed by atoms with Crippen molar-refractivity contribution >= 4 is 17.0 Å². The van der Waals surface area contributed by atoms with Gasteiger partial charge < -0.3 is 15.2 Å². The Balaban J connectivity index is 2.18. The zero-order valence-electron chi connectivity index (χ0n) is 11.8. The van der Waals surface area contributed by atoms with Gasteiger partial charge in [-0.25, -0.2) is 4.79 Å². The van der Waals surface area contributed by atoms with Crippen LogP contribution >= 0.6 is 0 Å². The maximum atomic E-state index is 11.6. The van der Waals surface area contributed by atoms with E-state index >= 15 is 0 Å². The van der Waals surface area contributed by atoms with Gasteiger partial charge in [0.15, 0.2) is 0 Å². The molecule has 5 heteroatoms. The Bertz CT molecular complexity index is 633. The van der Waals surface area contributed by atoms with Crippen LogP contribution in [0.5, 0.6) is 5.75 Å². The number of benzene rings is 1. The fourth-order valence-corrected chi connectivity index (χ4v) is 1.85. The van der Waals surface area contributed by atoms with E-state index in [0.29, 0.717) is 5.56 Å². The Kier molecular flexibility index (Phi) is 3.79. The molecule has 0 atom stereocenters. The van der Waals surface area contributed by atoms with Crippen LogP contribution in [-0.4, -0.2) is 21.8 Å². The predicted octanol–water partition coefficient (Wildman–Crippen LogP) is 2.97. The SMILES string of the molecule is CC(C)(C)OC(=O)NCc1c(O)cnc2ccccc12. The van der Waals surface area contributed by atoms with Crippen molar-refractivity contribution < 1.29 is 14.6 Å². The predicted molar refractivity (Wildman–Crippen MR) is 76.5 cm³/mol. The lowest BCUT2D eigenvalue weighted by atomic mass is 10.1. The van der Waals surface area contributed by atoms with Gasteiger partial charge in [0.05, 0.1) is 18.3 Å². The average Bonchev–Trinajstić information content (AvgIpc) is 2.35. The maximum Gasteiger partial charge on any atom is 0.407 e. The van der Waals surface area contributed by atoms with Crippen LogP contribution in [-0.2, 0) is 11.3 Å². The van der Waals surface area contributed by atoms with Gasteiger partial charge in [-0.05, 0) is 26.8 Å². The molecule has 106 valence electrons. The standard InChI is InChI=1S/C15H18N2O3/c1-15(2,3)20-14(19)17-8-11-10-6-4-5-7-12(10)16-9-13(11)18/h4-7,9,18H,8H2,1-3H3,(H,17,19). The summed E-state index contributed by atoms with van der Waals surface area (Å²) in [5.74, 6) is 0.0553. The molecule has 0 aliphatic carbocycles. The van der Waals surface area contributed by atoms with Crippen molar-refractivity contribution in [3.8, 4) is 5.75 Å². The number of carbonyl (C=O) groups excluding carboxylic acids is 1. The van der Waals surface area contributed by atoms with E-state index in [0.717, 1.165) is 10.9 Å². The molecule has 2 N–H and O–H groups in total. The first-order valence-electron chi connectivity index (χ1n) is 6.39. The van der Waals surface area contributed by atoms with Crippen LogP contribution in [0, 0.1) is 0 Å². The van der Waals surface area contributed by atoms with Crippen molar-refractivity contribution in [2.75, 3.05) is 0 Å². The summed E-state index contributed by atoms with van der Waals surface area (Å²) in [6.45, 7) is 5.58. The van der Waals surface area contributed by atoms with E-state index < -0.39 is 11.7 Å². The summed E-state index contributed by atoms with van der Waals surface area (Å²) in [5, 5.41) is 13.3. The Morgan fingerprint density at radius 3 is 2.75 bits per heavy atom. The molecular weight excluding hydrogens is 256 g/mol. The highest BCUT2D eigenvalue weighted by Crippen LogP contribution is 2.24. The van der Waals surface area contributed by atoms with Gasteiger partial charge in [0.2, 0.25) is 0 Å². The lowest BCUT2D eigenvalue weighted by molar-refractivity contribution is 0.0523. The molecule has 0 unspecified atom stereocenters. The molecule has 0 saturated heterocycles. The molecule has 0 aliphatic rings. The average molecular weight is 274 g/mol. The van der Waals surface area contributed by atoms with Gasteiger partial charge in [-0.15, -0.1) is 0 Å². The van der Waals surface area contributed by atoms with Crippen LogP contribution in [0.15, 0.2) is 30.5 Å². The van der Waals surface area contributed by atoms with Crippen molar-refractivity contribution in [3.63, 3.8) is 0 Å². The number of ether oxygens (including phenoxy) is 1. The van der Waals surface area contributed by atoms with Crippen molar-refractivity contribution in [2.24, 2.45) is 0 Å². The zero-order chi connectivity index (χ0) is 14.8. The van der Waals surface area contributed by atoms with Gasteiger partial charge in [0.25, 0.3) is 0 Å². The van der Waals surface area contributed by atoms with Crippen molar-refractivity contribution in [2.45, 2.75) is 32.9 Å². The second-order valence-corrected chi connectivity index (χ2v) is 5.49. The van der Waals surface area contributed by atoms with E-state index in [1.54, 1.807) is 20.8 Å². The van der Waals surface area contributed by atoms with E-state index in [2.05, 4.69) is 10.3 Å². The summed E-state index contributed by atoms with van der Waals surface area (Å²) in [6.07, 6.45) is 0.867. The fraction of sp³-hybridized carbons (Fsp3) is 0.333. The minimum absolute atomic E-state index is 0.0553. The number of rotatable bonds is 2. The molecule has 0 bridgehead atoms. The number of aromatic hydroxyl groups is 1.